The minimum atomic E-state index is 0.497. The molecule has 2 rings (SSSR count). The van der Waals surface area contributed by atoms with Crippen LogP contribution in [0.1, 0.15) is 44.6 Å². The number of benzene rings is 1. The third-order valence-corrected chi connectivity index (χ3v) is 4.01. The average molecular weight is 262 g/mol. The Balaban J connectivity index is 1.62. The molecule has 1 atom stereocenters. The molecule has 1 unspecified atom stereocenters. The lowest BCUT2D eigenvalue weighted by molar-refractivity contribution is -0.00979. The van der Waals surface area contributed by atoms with Crippen LogP contribution in [0.2, 0.25) is 0 Å². The van der Waals surface area contributed by atoms with E-state index in [0.717, 1.165) is 18.8 Å². The van der Waals surface area contributed by atoms with E-state index in [2.05, 4.69) is 31.3 Å². The molecule has 3 nitrogen and oxygen atoms in total. The van der Waals surface area contributed by atoms with Gasteiger partial charge in [-0.15, -0.1) is 0 Å². The molecule has 0 spiro atoms. The molecule has 0 saturated heterocycles. The fraction of sp³-hybridized carbons (Fsp3) is 0.625. The quantitative estimate of drug-likeness (QED) is 0.743. The summed E-state index contributed by atoms with van der Waals surface area (Å²) in [5.41, 5.74) is 7.92. The van der Waals surface area contributed by atoms with Gasteiger partial charge in [0.05, 0.1) is 6.10 Å². The summed E-state index contributed by atoms with van der Waals surface area (Å²) in [6, 6.07) is 8.90. The number of ether oxygens (including phenoxy) is 1. The van der Waals surface area contributed by atoms with Gasteiger partial charge in [-0.05, 0) is 56.3 Å². The van der Waals surface area contributed by atoms with Gasteiger partial charge >= 0.3 is 0 Å². The Morgan fingerprint density at radius 3 is 2.63 bits per heavy atom. The molecule has 0 heterocycles. The van der Waals surface area contributed by atoms with Crippen molar-refractivity contribution in [2.45, 2.75) is 51.2 Å². The van der Waals surface area contributed by atoms with E-state index in [1.165, 1.54) is 24.8 Å². The molecule has 0 amide bonds. The number of hydrogen-bond acceptors (Lipinski definition) is 3. The summed E-state index contributed by atoms with van der Waals surface area (Å²) >= 11 is 0. The molecule has 0 aromatic heterocycles. The second kappa shape index (κ2) is 6.92. The van der Waals surface area contributed by atoms with E-state index in [1.807, 2.05) is 12.1 Å². The van der Waals surface area contributed by atoms with Crippen LogP contribution in [-0.4, -0.2) is 25.3 Å². The molecule has 106 valence electrons. The summed E-state index contributed by atoms with van der Waals surface area (Å²) < 4.78 is 5.56. The number of hydrogen-bond donors (Lipinski definition) is 2. The monoisotopic (exact) mass is 262 g/mol. The first kappa shape index (κ1) is 14.4. The number of rotatable bonds is 7. The zero-order valence-corrected chi connectivity index (χ0v) is 12.1. The lowest BCUT2D eigenvalue weighted by atomic mass is 9.89. The van der Waals surface area contributed by atoms with Crippen LogP contribution in [0.5, 0.6) is 0 Å². The van der Waals surface area contributed by atoms with Crippen LogP contribution in [0, 0.1) is 0 Å². The van der Waals surface area contributed by atoms with Crippen molar-refractivity contribution >= 4 is 5.69 Å². The third-order valence-electron chi connectivity index (χ3n) is 4.01. The maximum Gasteiger partial charge on any atom is 0.0604 e. The minimum absolute atomic E-state index is 0.497. The number of nitrogens with one attached hydrogen (secondary N) is 1. The van der Waals surface area contributed by atoms with Crippen molar-refractivity contribution in [3.05, 3.63) is 29.8 Å². The van der Waals surface area contributed by atoms with Gasteiger partial charge < -0.3 is 15.8 Å². The van der Waals surface area contributed by atoms with E-state index in [4.69, 9.17) is 10.5 Å². The molecule has 0 aliphatic heterocycles. The zero-order valence-electron chi connectivity index (χ0n) is 12.1. The van der Waals surface area contributed by atoms with Crippen LogP contribution < -0.4 is 11.1 Å². The molecule has 0 radical (unpaired) electrons. The molecule has 1 aliphatic carbocycles. The van der Waals surface area contributed by atoms with Gasteiger partial charge in [0, 0.05) is 18.3 Å². The van der Waals surface area contributed by atoms with E-state index >= 15 is 0 Å². The van der Waals surface area contributed by atoms with Gasteiger partial charge in [-0.25, -0.2) is 0 Å². The van der Waals surface area contributed by atoms with E-state index in [1.54, 1.807) is 0 Å². The summed E-state index contributed by atoms with van der Waals surface area (Å²) in [5.74, 6) is 0.580. The maximum atomic E-state index is 5.71. The van der Waals surface area contributed by atoms with Crippen LogP contribution in [0.15, 0.2) is 24.3 Å². The van der Waals surface area contributed by atoms with Crippen molar-refractivity contribution in [1.82, 2.24) is 5.32 Å². The van der Waals surface area contributed by atoms with Crippen molar-refractivity contribution in [3.8, 4) is 0 Å². The summed E-state index contributed by atoms with van der Waals surface area (Å²) in [4.78, 5) is 0. The van der Waals surface area contributed by atoms with Crippen LogP contribution in [0.3, 0.4) is 0 Å². The SMILES string of the molecule is CCOC1CC(NCCC(C)c2ccc(N)cc2)C1. The average Bonchev–Trinajstić information content (AvgIpc) is 2.36. The molecule has 1 aromatic rings. The van der Waals surface area contributed by atoms with Gasteiger partial charge in [0.25, 0.3) is 0 Å². The van der Waals surface area contributed by atoms with Gasteiger partial charge in [0.15, 0.2) is 0 Å². The standard InChI is InChI=1S/C16H26N2O/c1-3-19-16-10-15(11-16)18-9-8-12(2)13-4-6-14(17)7-5-13/h4-7,12,15-16,18H,3,8-11,17H2,1-2H3. The molecule has 1 fully saturated rings. The molecule has 1 aromatic carbocycles. The highest BCUT2D eigenvalue weighted by Crippen LogP contribution is 2.24. The normalized spacial score (nSPS) is 23.9. The van der Waals surface area contributed by atoms with E-state index in [0.29, 0.717) is 18.1 Å². The Labute approximate surface area is 116 Å². The summed E-state index contributed by atoms with van der Waals surface area (Å²) in [5, 5.41) is 3.61. The Kier molecular flexibility index (Phi) is 5.23. The highest BCUT2D eigenvalue weighted by atomic mass is 16.5. The first-order valence-electron chi connectivity index (χ1n) is 7.39. The topological polar surface area (TPSA) is 47.3 Å². The smallest absolute Gasteiger partial charge is 0.0604 e. The van der Waals surface area contributed by atoms with Crippen LogP contribution in [0.4, 0.5) is 5.69 Å². The van der Waals surface area contributed by atoms with Crippen molar-refractivity contribution in [3.63, 3.8) is 0 Å². The Hall–Kier alpha value is -1.06. The summed E-state index contributed by atoms with van der Waals surface area (Å²) in [6.45, 7) is 6.26. The van der Waals surface area contributed by atoms with Crippen LogP contribution in [0.25, 0.3) is 0 Å². The molecule has 3 N–H and O–H groups in total. The van der Waals surface area contributed by atoms with Crippen molar-refractivity contribution in [2.24, 2.45) is 0 Å². The number of nitrogen functional groups attached to an aromatic ring is 1. The summed E-state index contributed by atoms with van der Waals surface area (Å²) in [7, 11) is 0. The lowest BCUT2D eigenvalue weighted by Gasteiger charge is -2.35. The highest BCUT2D eigenvalue weighted by molar-refractivity contribution is 5.40. The third kappa shape index (κ3) is 4.22. The van der Waals surface area contributed by atoms with Crippen molar-refractivity contribution in [2.75, 3.05) is 18.9 Å². The molecule has 3 heteroatoms. The molecule has 19 heavy (non-hydrogen) atoms. The van der Waals surface area contributed by atoms with E-state index in [9.17, 15) is 0 Å². The van der Waals surface area contributed by atoms with Crippen molar-refractivity contribution in [1.29, 1.82) is 0 Å². The largest absolute Gasteiger partial charge is 0.399 e. The highest BCUT2D eigenvalue weighted by Gasteiger charge is 2.28. The second-order valence-corrected chi connectivity index (χ2v) is 5.56. The molecule has 0 bridgehead atoms. The molecule has 1 aliphatic rings. The zero-order chi connectivity index (χ0) is 13.7. The van der Waals surface area contributed by atoms with Gasteiger partial charge in [0.2, 0.25) is 0 Å². The van der Waals surface area contributed by atoms with Gasteiger partial charge in [-0.2, -0.15) is 0 Å². The van der Waals surface area contributed by atoms with E-state index in [-0.39, 0.29) is 0 Å². The van der Waals surface area contributed by atoms with Gasteiger partial charge in [-0.1, -0.05) is 19.1 Å². The lowest BCUT2D eigenvalue weighted by Crippen LogP contribution is -2.45. The number of nitrogens with two attached hydrogens (primary N) is 1. The van der Waals surface area contributed by atoms with Gasteiger partial charge in [-0.3, -0.25) is 0 Å². The molecule has 1 saturated carbocycles. The van der Waals surface area contributed by atoms with Crippen LogP contribution in [-0.2, 0) is 4.74 Å². The molecular weight excluding hydrogens is 236 g/mol. The predicted octanol–water partition coefficient (Wildman–Crippen LogP) is 2.92. The molecular formula is C16H26N2O. The maximum absolute atomic E-state index is 5.71. The Morgan fingerprint density at radius 1 is 1.32 bits per heavy atom. The number of anilines is 1. The van der Waals surface area contributed by atoms with Gasteiger partial charge in [0.1, 0.15) is 0 Å². The van der Waals surface area contributed by atoms with E-state index < -0.39 is 0 Å². The minimum Gasteiger partial charge on any atom is -0.399 e. The predicted molar refractivity (Wildman–Crippen MR) is 80.3 cm³/mol. The van der Waals surface area contributed by atoms with Crippen molar-refractivity contribution < 1.29 is 4.74 Å². The van der Waals surface area contributed by atoms with Crippen LogP contribution >= 0.6 is 0 Å². The second-order valence-electron chi connectivity index (χ2n) is 5.56. The first-order valence-corrected chi connectivity index (χ1v) is 7.39. The Morgan fingerprint density at radius 2 is 2.00 bits per heavy atom. The fourth-order valence-electron chi connectivity index (χ4n) is 2.60. The fourth-order valence-corrected chi connectivity index (χ4v) is 2.60. The first-order chi connectivity index (χ1) is 9.19. The summed E-state index contributed by atoms with van der Waals surface area (Å²) in [6.07, 6.45) is 4.01. The Bertz CT molecular complexity index is 371.